The summed E-state index contributed by atoms with van der Waals surface area (Å²) in [7, 11) is -0.639. The Balaban J connectivity index is 2.42. The first-order valence-corrected chi connectivity index (χ1v) is 9.24. The lowest BCUT2D eigenvalue weighted by atomic mass is 9.78. The summed E-state index contributed by atoms with van der Waals surface area (Å²) in [6, 6.07) is 4.50. The molecule has 0 amide bonds. The number of anilines is 1. The lowest BCUT2D eigenvalue weighted by Crippen LogP contribution is -2.41. The monoisotopic (exact) mass is 377 g/mol. The van der Waals surface area contributed by atoms with Gasteiger partial charge in [-0.2, -0.15) is 0 Å². The van der Waals surface area contributed by atoms with Crippen LogP contribution < -0.4 is 5.73 Å². The Labute approximate surface area is 158 Å². The Morgan fingerprint density at radius 3 is 2.31 bits per heavy atom. The molecule has 0 saturated carbocycles. The van der Waals surface area contributed by atoms with Gasteiger partial charge >= 0.3 is 13.1 Å². The van der Waals surface area contributed by atoms with Crippen molar-refractivity contribution in [2.75, 3.05) is 11.5 Å². The number of hydrogen-bond donors (Lipinski definition) is 2. The Bertz CT molecular complexity index is 744. The first-order chi connectivity index (χ1) is 11.9. The highest BCUT2D eigenvalue weighted by atomic mass is 32.2. The molecule has 8 heteroatoms. The van der Waals surface area contributed by atoms with E-state index in [1.54, 1.807) is 12.1 Å². The summed E-state index contributed by atoms with van der Waals surface area (Å²) in [5.74, 6) is -0.668. The normalized spacial score (nSPS) is 18.8. The number of benzene rings is 1. The number of hydrogen-bond acceptors (Lipinski definition) is 6. The molecule has 2 rings (SSSR count). The van der Waals surface area contributed by atoms with Crippen LogP contribution in [0.25, 0.3) is 6.08 Å². The van der Waals surface area contributed by atoms with Gasteiger partial charge in [0, 0.05) is 18.4 Å². The standard InChI is InChI=1S/C18H24BNO5S/c1-11(21)26-10-14(19-24-17(2,3)18(4,5)25-19)9-13-8-12(16(22)23)6-7-15(13)20/h6-9H,10,20H2,1-5H3,(H,22,23). The van der Waals surface area contributed by atoms with Crippen molar-refractivity contribution in [3.63, 3.8) is 0 Å². The molecule has 0 aromatic heterocycles. The van der Waals surface area contributed by atoms with Crippen molar-refractivity contribution in [1.29, 1.82) is 0 Å². The van der Waals surface area contributed by atoms with Gasteiger partial charge in [-0.1, -0.05) is 17.8 Å². The first-order valence-electron chi connectivity index (χ1n) is 8.25. The zero-order valence-electron chi connectivity index (χ0n) is 15.7. The summed E-state index contributed by atoms with van der Waals surface area (Å²) in [6.07, 6.45) is 1.75. The molecule has 140 valence electrons. The van der Waals surface area contributed by atoms with Crippen LogP contribution in [0, 0.1) is 0 Å². The van der Waals surface area contributed by atoms with Gasteiger partial charge in [-0.15, -0.1) is 0 Å². The Morgan fingerprint density at radius 2 is 1.81 bits per heavy atom. The number of aromatic carboxylic acids is 1. The third-order valence-electron chi connectivity index (χ3n) is 4.67. The van der Waals surface area contributed by atoms with Crippen LogP contribution in [0.4, 0.5) is 5.69 Å². The summed E-state index contributed by atoms with van der Waals surface area (Å²) in [6.45, 7) is 9.28. The van der Waals surface area contributed by atoms with Crippen molar-refractivity contribution in [1.82, 2.24) is 0 Å². The largest absolute Gasteiger partial charge is 0.491 e. The molecule has 1 fully saturated rings. The molecule has 1 aliphatic heterocycles. The number of carboxylic acids is 1. The molecule has 0 aliphatic carbocycles. The summed E-state index contributed by atoms with van der Waals surface area (Å²) in [4.78, 5) is 22.7. The number of carboxylic acid groups (broad SMARTS) is 1. The molecule has 0 radical (unpaired) electrons. The number of carbonyl (C=O) groups excluding carboxylic acids is 1. The predicted molar refractivity (Wildman–Crippen MR) is 105 cm³/mol. The van der Waals surface area contributed by atoms with E-state index < -0.39 is 24.3 Å². The Morgan fingerprint density at radius 1 is 1.23 bits per heavy atom. The predicted octanol–water partition coefficient (Wildman–Crippen LogP) is 3.26. The molecule has 1 aromatic rings. The van der Waals surface area contributed by atoms with Crippen LogP contribution in [0.5, 0.6) is 0 Å². The molecule has 0 bridgehead atoms. The van der Waals surface area contributed by atoms with Gasteiger partial charge in [0.2, 0.25) is 0 Å². The molecule has 1 saturated heterocycles. The highest BCUT2D eigenvalue weighted by molar-refractivity contribution is 8.13. The smallest absolute Gasteiger partial charge is 0.478 e. The molecule has 26 heavy (non-hydrogen) atoms. The fraction of sp³-hybridized carbons (Fsp3) is 0.444. The number of nitrogens with two attached hydrogens (primary N) is 1. The van der Waals surface area contributed by atoms with Crippen LogP contribution in [-0.2, 0) is 14.1 Å². The van der Waals surface area contributed by atoms with E-state index in [2.05, 4.69) is 0 Å². The van der Waals surface area contributed by atoms with Crippen LogP contribution in [0.3, 0.4) is 0 Å². The average Bonchev–Trinajstić information content (AvgIpc) is 2.72. The van der Waals surface area contributed by atoms with Crippen molar-refractivity contribution >= 4 is 41.7 Å². The second-order valence-electron chi connectivity index (χ2n) is 7.24. The van der Waals surface area contributed by atoms with Crippen LogP contribution >= 0.6 is 11.8 Å². The highest BCUT2D eigenvalue weighted by Gasteiger charge is 2.52. The van der Waals surface area contributed by atoms with Crippen LogP contribution in [0.2, 0.25) is 0 Å². The Kier molecular flexibility index (Phi) is 5.90. The van der Waals surface area contributed by atoms with Crippen LogP contribution in [0.15, 0.2) is 23.7 Å². The lowest BCUT2D eigenvalue weighted by Gasteiger charge is -2.32. The second kappa shape index (κ2) is 7.46. The summed E-state index contributed by atoms with van der Waals surface area (Å²) >= 11 is 1.14. The SMILES string of the molecule is CC(=O)SCC(=Cc1cc(C(=O)O)ccc1N)B1OC(C)(C)C(C)(C)O1. The fourth-order valence-corrected chi connectivity index (χ4v) is 2.98. The maximum atomic E-state index is 11.4. The molecular weight excluding hydrogens is 353 g/mol. The highest BCUT2D eigenvalue weighted by Crippen LogP contribution is 2.39. The van der Waals surface area contributed by atoms with Crippen molar-refractivity contribution in [3.05, 3.63) is 34.8 Å². The van der Waals surface area contributed by atoms with Gasteiger partial charge in [0.1, 0.15) is 0 Å². The third kappa shape index (κ3) is 4.49. The van der Waals surface area contributed by atoms with Gasteiger partial charge in [-0.25, -0.2) is 4.79 Å². The van der Waals surface area contributed by atoms with E-state index in [1.165, 1.54) is 19.1 Å². The van der Waals surface area contributed by atoms with Crippen molar-refractivity contribution in [2.45, 2.75) is 45.8 Å². The van der Waals surface area contributed by atoms with E-state index in [9.17, 15) is 14.7 Å². The maximum Gasteiger partial charge on any atom is 0.491 e. The average molecular weight is 377 g/mol. The molecule has 3 N–H and O–H groups in total. The molecule has 1 aliphatic rings. The second-order valence-corrected chi connectivity index (χ2v) is 8.39. The molecule has 0 atom stereocenters. The quantitative estimate of drug-likeness (QED) is 0.600. The first kappa shape index (κ1) is 20.5. The summed E-state index contributed by atoms with van der Waals surface area (Å²) < 4.78 is 12.2. The zero-order valence-corrected chi connectivity index (χ0v) is 16.5. The van der Waals surface area contributed by atoms with E-state index in [4.69, 9.17) is 15.0 Å². The summed E-state index contributed by atoms with van der Waals surface area (Å²) in [5.41, 5.74) is 6.82. The minimum absolute atomic E-state index is 0.0281. The topological polar surface area (TPSA) is 98.9 Å². The molecular formula is C18H24BNO5S. The van der Waals surface area contributed by atoms with Gasteiger partial charge in [-0.05, 0) is 56.9 Å². The van der Waals surface area contributed by atoms with Gasteiger partial charge in [0.05, 0.1) is 16.8 Å². The van der Waals surface area contributed by atoms with Gasteiger partial charge in [0.25, 0.3) is 0 Å². The lowest BCUT2D eigenvalue weighted by molar-refractivity contribution is -0.109. The van der Waals surface area contributed by atoms with E-state index in [-0.39, 0.29) is 10.7 Å². The molecule has 1 aromatic carbocycles. The van der Waals surface area contributed by atoms with Crippen molar-refractivity contribution in [3.8, 4) is 0 Å². The molecule has 6 nitrogen and oxygen atoms in total. The number of thioether (sulfide) groups is 1. The third-order valence-corrected chi connectivity index (χ3v) is 5.56. The van der Waals surface area contributed by atoms with Gasteiger partial charge < -0.3 is 20.1 Å². The summed E-state index contributed by atoms with van der Waals surface area (Å²) in [5, 5.41) is 9.17. The number of carbonyl (C=O) groups is 2. The molecule has 1 heterocycles. The van der Waals surface area contributed by atoms with E-state index in [0.717, 1.165) is 17.2 Å². The fourth-order valence-electron chi connectivity index (χ4n) is 2.39. The van der Waals surface area contributed by atoms with Crippen molar-refractivity contribution in [2.24, 2.45) is 0 Å². The minimum atomic E-state index is -1.03. The van der Waals surface area contributed by atoms with Gasteiger partial charge in [-0.3, -0.25) is 4.79 Å². The number of rotatable bonds is 5. The minimum Gasteiger partial charge on any atom is -0.478 e. The zero-order chi connectivity index (χ0) is 19.7. The van der Waals surface area contributed by atoms with Gasteiger partial charge in [0.15, 0.2) is 5.12 Å². The van der Waals surface area contributed by atoms with E-state index in [0.29, 0.717) is 17.0 Å². The van der Waals surface area contributed by atoms with Crippen molar-refractivity contribution < 1.29 is 24.0 Å². The Hall–Kier alpha value is -1.77. The molecule has 0 unspecified atom stereocenters. The molecule has 0 spiro atoms. The van der Waals surface area contributed by atoms with E-state index in [1.807, 2.05) is 27.7 Å². The van der Waals surface area contributed by atoms with Crippen LogP contribution in [-0.4, -0.2) is 40.3 Å². The number of nitrogen functional groups attached to an aromatic ring is 1. The van der Waals surface area contributed by atoms with E-state index >= 15 is 0 Å². The van der Waals surface area contributed by atoms with Crippen LogP contribution in [0.1, 0.15) is 50.5 Å². The maximum absolute atomic E-state index is 11.4.